The molecule has 2 fully saturated rings. The number of likely N-dealkylation sites (tertiary alicyclic amines) is 1. The molecule has 0 aromatic heterocycles. The van der Waals surface area contributed by atoms with Gasteiger partial charge in [-0.1, -0.05) is 12.1 Å². The van der Waals surface area contributed by atoms with E-state index in [9.17, 15) is 4.79 Å². The van der Waals surface area contributed by atoms with Gasteiger partial charge in [-0.3, -0.25) is 4.79 Å². The van der Waals surface area contributed by atoms with Crippen LogP contribution in [-0.2, 0) is 4.79 Å². The zero-order chi connectivity index (χ0) is 12.5. The quantitative estimate of drug-likeness (QED) is 0.824. The minimum Gasteiger partial charge on any atom is -0.335 e. The number of nitrogens with one attached hydrogen (secondary N) is 1. The summed E-state index contributed by atoms with van der Waals surface area (Å²) in [5, 5.41) is 3.18. The van der Waals surface area contributed by atoms with Crippen LogP contribution in [0.5, 0.6) is 0 Å². The lowest BCUT2D eigenvalue weighted by Crippen LogP contribution is -2.51. The lowest BCUT2D eigenvalue weighted by atomic mass is 9.99. The van der Waals surface area contributed by atoms with Crippen LogP contribution in [0.2, 0.25) is 0 Å². The highest BCUT2D eigenvalue weighted by Gasteiger charge is 2.36. The van der Waals surface area contributed by atoms with Crippen molar-refractivity contribution >= 4 is 28.5 Å². The molecular weight excluding hydrogens is 339 g/mol. The van der Waals surface area contributed by atoms with Gasteiger partial charge in [0.2, 0.25) is 5.91 Å². The SMILES string of the molecule is O=C(C1CNC1)N1CCCC1c1ccc(I)cc1. The topological polar surface area (TPSA) is 32.3 Å². The van der Waals surface area contributed by atoms with E-state index in [1.807, 2.05) is 0 Å². The molecule has 1 amide bonds. The first-order valence-electron chi connectivity index (χ1n) is 6.52. The molecule has 0 spiro atoms. The highest BCUT2D eigenvalue weighted by atomic mass is 127. The third kappa shape index (κ3) is 2.28. The molecule has 2 heterocycles. The second-order valence-electron chi connectivity index (χ2n) is 5.10. The van der Waals surface area contributed by atoms with Gasteiger partial charge in [-0.05, 0) is 53.1 Å². The molecule has 1 N–H and O–H groups in total. The first kappa shape index (κ1) is 12.4. The maximum Gasteiger partial charge on any atom is 0.228 e. The van der Waals surface area contributed by atoms with Gasteiger partial charge >= 0.3 is 0 Å². The number of benzene rings is 1. The molecule has 1 unspecified atom stereocenters. The van der Waals surface area contributed by atoms with Gasteiger partial charge in [0, 0.05) is 23.2 Å². The summed E-state index contributed by atoms with van der Waals surface area (Å²) in [6, 6.07) is 8.88. The molecule has 1 aromatic rings. The van der Waals surface area contributed by atoms with Crippen LogP contribution in [0.25, 0.3) is 0 Å². The fourth-order valence-electron chi connectivity index (χ4n) is 2.76. The maximum absolute atomic E-state index is 12.4. The van der Waals surface area contributed by atoms with Gasteiger partial charge in [-0.2, -0.15) is 0 Å². The fraction of sp³-hybridized carbons (Fsp3) is 0.500. The minimum atomic E-state index is 0.217. The Morgan fingerprint density at radius 3 is 2.61 bits per heavy atom. The average molecular weight is 356 g/mol. The van der Waals surface area contributed by atoms with Crippen molar-refractivity contribution in [3.63, 3.8) is 0 Å². The molecule has 1 atom stereocenters. The van der Waals surface area contributed by atoms with Crippen molar-refractivity contribution in [2.75, 3.05) is 19.6 Å². The van der Waals surface area contributed by atoms with Crippen LogP contribution in [0.3, 0.4) is 0 Å². The Morgan fingerprint density at radius 2 is 2.00 bits per heavy atom. The summed E-state index contributed by atoms with van der Waals surface area (Å²) in [6.07, 6.45) is 2.23. The molecule has 4 heteroatoms. The van der Waals surface area contributed by atoms with Crippen molar-refractivity contribution in [1.82, 2.24) is 10.2 Å². The van der Waals surface area contributed by atoms with Crippen molar-refractivity contribution in [3.05, 3.63) is 33.4 Å². The molecule has 2 saturated heterocycles. The van der Waals surface area contributed by atoms with E-state index in [1.165, 1.54) is 9.13 Å². The number of amides is 1. The van der Waals surface area contributed by atoms with E-state index in [2.05, 4.69) is 57.1 Å². The second-order valence-corrected chi connectivity index (χ2v) is 6.34. The van der Waals surface area contributed by atoms with Gasteiger partial charge in [-0.25, -0.2) is 0 Å². The van der Waals surface area contributed by atoms with Crippen LogP contribution < -0.4 is 5.32 Å². The Hall–Kier alpha value is -0.620. The summed E-state index contributed by atoms with van der Waals surface area (Å²) < 4.78 is 1.25. The van der Waals surface area contributed by atoms with Gasteiger partial charge in [-0.15, -0.1) is 0 Å². The molecule has 18 heavy (non-hydrogen) atoms. The number of halogens is 1. The van der Waals surface area contributed by atoms with Crippen LogP contribution in [0, 0.1) is 9.49 Å². The summed E-state index contributed by atoms with van der Waals surface area (Å²) in [7, 11) is 0. The number of carbonyl (C=O) groups excluding carboxylic acids is 1. The fourth-order valence-corrected chi connectivity index (χ4v) is 3.12. The standard InChI is InChI=1S/C14H17IN2O/c15-12-5-3-10(4-6-12)13-2-1-7-17(13)14(18)11-8-16-9-11/h3-6,11,13,16H,1-2,7-9H2. The molecule has 3 nitrogen and oxygen atoms in total. The van der Waals surface area contributed by atoms with E-state index in [0.29, 0.717) is 11.9 Å². The van der Waals surface area contributed by atoms with Crippen LogP contribution in [0.4, 0.5) is 0 Å². The van der Waals surface area contributed by atoms with E-state index in [1.54, 1.807) is 0 Å². The molecule has 0 bridgehead atoms. The summed E-state index contributed by atoms with van der Waals surface area (Å²) in [4.78, 5) is 14.5. The van der Waals surface area contributed by atoms with E-state index in [4.69, 9.17) is 0 Å². The first-order valence-corrected chi connectivity index (χ1v) is 7.60. The maximum atomic E-state index is 12.4. The summed E-state index contributed by atoms with van der Waals surface area (Å²) in [5.74, 6) is 0.559. The lowest BCUT2D eigenvalue weighted by Gasteiger charge is -2.33. The Bertz CT molecular complexity index is 442. The van der Waals surface area contributed by atoms with Gasteiger partial charge in [0.05, 0.1) is 12.0 Å². The van der Waals surface area contributed by atoms with Crippen molar-refractivity contribution in [2.24, 2.45) is 5.92 Å². The van der Waals surface area contributed by atoms with Crippen LogP contribution in [0.1, 0.15) is 24.4 Å². The number of hydrogen-bond acceptors (Lipinski definition) is 2. The Balaban J connectivity index is 1.78. The zero-order valence-electron chi connectivity index (χ0n) is 10.2. The molecule has 0 radical (unpaired) electrons. The largest absolute Gasteiger partial charge is 0.335 e. The highest BCUT2D eigenvalue weighted by molar-refractivity contribution is 14.1. The van der Waals surface area contributed by atoms with Crippen molar-refractivity contribution in [2.45, 2.75) is 18.9 Å². The smallest absolute Gasteiger partial charge is 0.228 e. The van der Waals surface area contributed by atoms with Crippen molar-refractivity contribution in [3.8, 4) is 0 Å². The Kier molecular flexibility index (Phi) is 3.56. The number of nitrogens with zero attached hydrogens (tertiary/aromatic N) is 1. The van der Waals surface area contributed by atoms with Crippen molar-refractivity contribution in [1.29, 1.82) is 0 Å². The van der Waals surface area contributed by atoms with Crippen molar-refractivity contribution < 1.29 is 4.79 Å². The van der Waals surface area contributed by atoms with Gasteiger partial charge < -0.3 is 10.2 Å². The van der Waals surface area contributed by atoms with Crippen LogP contribution >= 0.6 is 22.6 Å². The summed E-state index contributed by atoms with van der Waals surface area (Å²) in [6.45, 7) is 2.63. The number of hydrogen-bond donors (Lipinski definition) is 1. The van der Waals surface area contributed by atoms with Crippen LogP contribution in [0.15, 0.2) is 24.3 Å². The van der Waals surface area contributed by atoms with E-state index in [0.717, 1.165) is 32.5 Å². The minimum absolute atomic E-state index is 0.217. The predicted molar refractivity (Wildman–Crippen MR) is 79.2 cm³/mol. The zero-order valence-corrected chi connectivity index (χ0v) is 12.4. The Morgan fingerprint density at radius 1 is 1.28 bits per heavy atom. The number of rotatable bonds is 2. The molecule has 2 aliphatic rings. The average Bonchev–Trinajstić information content (AvgIpc) is 2.76. The molecule has 0 saturated carbocycles. The first-order chi connectivity index (χ1) is 8.75. The normalized spacial score (nSPS) is 24.1. The third-order valence-corrected chi connectivity index (χ3v) is 4.64. The second kappa shape index (κ2) is 5.17. The van der Waals surface area contributed by atoms with Crippen LogP contribution in [-0.4, -0.2) is 30.4 Å². The van der Waals surface area contributed by atoms with E-state index >= 15 is 0 Å². The molecule has 0 aliphatic carbocycles. The third-order valence-electron chi connectivity index (χ3n) is 3.92. The van der Waals surface area contributed by atoms with E-state index in [-0.39, 0.29) is 5.92 Å². The monoisotopic (exact) mass is 356 g/mol. The Labute approximate surface area is 121 Å². The highest BCUT2D eigenvalue weighted by Crippen LogP contribution is 2.33. The van der Waals surface area contributed by atoms with Gasteiger partial charge in [0.25, 0.3) is 0 Å². The summed E-state index contributed by atoms with van der Waals surface area (Å²) >= 11 is 2.32. The van der Waals surface area contributed by atoms with Gasteiger partial charge in [0.1, 0.15) is 0 Å². The number of carbonyl (C=O) groups is 1. The molecule has 3 rings (SSSR count). The lowest BCUT2D eigenvalue weighted by molar-refractivity contribution is -0.138. The van der Waals surface area contributed by atoms with E-state index < -0.39 is 0 Å². The molecule has 2 aliphatic heterocycles. The molecular formula is C14H17IN2O. The summed E-state index contributed by atoms with van der Waals surface area (Å²) in [5.41, 5.74) is 1.29. The van der Waals surface area contributed by atoms with Gasteiger partial charge in [0.15, 0.2) is 0 Å². The molecule has 96 valence electrons. The molecule has 1 aromatic carbocycles. The predicted octanol–water partition coefficient (Wildman–Crippen LogP) is 2.17.